The third-order valence-electron chi connectivity index (χ3n) is 4.21. The van der Waals surface area contributed by atoms with Crippen LogP contribution in [0.25, 0.3) is 0 Å². The molecule has 0 bridgehead atoms. The summed E-state index contributed by atoms with van der Waals surface area (Å²) in [6.07, 6.45) is 2.59. The van der Waals surface area contributed by atoms with E-state index in [2.05, 4.69) is 39.8 Å². The average Bonchev–Trinajstić information content (AvgIpc) is 2.65. The van der Waals surface area contributed by atoms with Crippen LogP contribution in [0.2, 0.25) is 0 Å². The van der Waals surface area contributed by atoms with Crippen molar-refractivity contribution in [1.82, 2.24) is 15.3 Å². The van der Waals surface area contributed by atoms with Gasteiger partial charge in [-0.25, -0.2) is 14.8 Å². The van der Waals surface area contributed by atoms with E-state index in [4.69, 9.17) is 5.73 Å². The first-order valence-electron chi connectivity index (χ1n) is 8.91. The molecule has 0 aliphatic carbocycles. The Bertz CT molecular complexity index is 776. The van der Waals surface area contributed by atoms with Crippen LogP contribution in [0.1, 0.15) is 49.0 Å². The summed E-state index contributed by atoms with van der Waals surface area (Å²) in [5.41, 5.74) is 7.82. The summed E-state index contributed by atoms with van der Waals surface area (Å²) in [5, 5.41) is 8.76. The van der Waals surface area contributed by atoms with Gasteiger partial charge in [-0.05, 0) is 30.0 Å². The first kappa shape index (κ1) is 20.2. The molecule has 1 aromatic heterocycles. The van der Waals surface area contributed by atoms with Crippen LogP contribution in [0.5, 0.6) is 0 Å². The number of benzene rings is 1. The van der Waals surface area contributed by atoms with Crippen molar-refractivity contribution in [3.05, 3.63) is 41.7 Å². The zero-order chi connectivity index (χ0) is 19.8. The molecule has 0 radical (unpaired) electrons. The first-order valence-corrected chi connectivity index (χ1v) is 8.91. The Morgan fingerprint density at radius 1 is 1.22 bits per heavy atom. The topological polar surface area (TPSA) is 122 Å². The number of hydrogen-bond acceptors (Lipinski definition) is 6. The average molecular weight is 370 g/mol. The van der Waals surface area contributed by atoms with Gasteiger partial charge in [0.1, 0.15) is 18.0 Å². The zero-order valence-corrected chi connectivity index (χ0v) is 15.8. The number of hydrogen-bond donors (Lipinski definition) is 4. The number of nitrogens with two attached hydrogens (primary N) is 1. The Balaban J connectivity index is 1.91. The molecule has 2 rings (SSSR count). The molecule has 1 heterocycles. The molecular formula is C19H26N6O2. The summed E-state index contributed by atoms with van der Waals surface area (Å²) in [4.78, 5) is 31.2. The second kappa shape index (κ2) is 9.51. The molecule has 1 atom stereocenters. The van der Waals surface area contributed by atoms with Crippen molar-refractivity contribution in [1.29, 1.82) is 0 Å². The lowest BCUT2D eigenvalue weighted by molar-refractivity contribution is 0.112. The maximum atomic E-state index is 12.2. The molecule has 8 heteroatoms. The van der Waals surface area contributed by atoms with Crippen molar-refractivity contribution in [3.8, 4) is 0 Å². The summed E-state index contributed by atoms with van der Waals surface area (Å²) >= 11 is 0. The molecule has 0 fully saturated rings. The Hall–Kier alpha value is -3.16. The maximum Gasteiger partial charge on any atom is 0.319 e. The van der Waals surface area contributed by atoms with Crippen LogP contribution < -0.4 is 21.7 Å². The fourth-order valence-electron chi connectivity index (χ4n) is 2.49. The van der Waals surface area contributed by atoms with E-state index in [1.807, 2.05) is 31.2 Å². The molecule has 1 unspecified atom stereocenters. The Morgan fingerprint density at radius 2 is 1.93 bits per heavy atom. The minimum Gasteiger partial charge on any atom is -0.383 e. The fourth-order valence-corrected chi connectivity index (χ4v) is 2.49. The van der Waals surface area contributed by atoms with Crippen LogP contribution in [-0.4, -0.2) is 34.9 Å². The monoisotopic (exact) mass is 370 g/mol. The zero-order valence-electron chi connectivity index (χ0n) is 15.8. The molecule has 0 aliphatic heterocycles. The van der Waals surface area contributed by atoms with Gasteiger partial charge < -0.3 is 21.7 Å². The second-order valence-electron chi connectivity index (χ2n) is 6.50. The van der Waals surface area contributed by atoms with Crippen LogP contribution in [0.3, 0.4) is 0 Å². The Labute approximate surface area is 159 Å². The van der Waals surface area contributed by atoms with Gasteiger partial charge in [-0.3, -0.25) is 4.79 Å². The third-order valence-corrected chi connectivity index (χ3v) is 4.21. The van der Waals surface area contributed by atoms with E-state index in [0.717, 1.165) is 5.69 Å². The first-order chi connectivity index (χ1) is 12.9. The van der Waals surface area contributed by atoms with Crippen molar-refractivity contribution in [2.45, 2.75) is 39.2 Å². The van der Waals surface area contributed by atoms with Gasteiger partial charge in [0.15, 0.2) is 6.29 Å². The number of aldehydes is 1. The van der Waals surface area contributed by atoms with Gasteiger partial charge in [0.05, 0.1) is 5.56 Å². The number of carbonyl (C=O) groups excluding carboxylic acids is 2. The van der Waals surface area contributed by atoms with Crippen LogP contribution in [0, 0.1) is 0 Å². The van der Waals surface area contributed by atoms with Gasteiger partial charge in [0, 0.05) is 18.3 Å². The van der Waals surface area contributed by atoms with Crippen molar-refractivity contribution in [2.24, 2.45) is 0 Å². The largest absolute Gasteiger partial charge is 0.383 e. The van der Waals surface area contributed by atoms with Gasteiger partial charge in [-0.1, -0.05) is 32.9 Å². The van der Waals surface area contributed by atoms with Gasteiger partial charge in [-0.2, -0.15) is 0 Å². The van der Waals surface area contributed by atoms with Crippen LogP contribution in [0.4, 0.5) is 22.1 Å². The molecule has 0 saturated carbocycles. The third kappa shape index (κ3) is 5.67. The van der Waals surface area contributed by atoms with Gasteiger partial charge >= 0.3 is 6.03 Å². The summed E-state index contributed by atoms with van der Waals surface area (Å²) in [6, 6.07) is 7.32. The van der Waals surface area contributed by atoms with E-state index in [9.17, 15) is 9.59 Å². The molecule has 0 saturated heterocycles. The molecule has 144 valence electrons. The predicted molar refractivity (Wildman–Crippen MR) is 107 cm³/mol. The smallest absolute Gasteiger partial charge is 0.319 e. The van der Waals surface area contributed by atoms with E-state index in [1.54, 1.807) is 0 Å². The minimum atomic E-state index is -0.293. The molecule has 8 nitrogen and oxygen atoms in total. The van der Waals surface area contributed by atoms with Crippen molar-refractivity contribution < 1.29 is 9.59 Å². The van der Waals surface area contributed by atoms with Crippen molar-refractivity contribution in [2.75, 3.05) is 22.9 Å². The van der Waals surface area contributed by atoms with E-state index in [0.29, 0.717) is 31.0 Å². The number of urea groups is 1. The summed E-state index contributed by atoms with van der Waals surface area (Å²) < 4.78 is 0. The van der Waals surface area contributed by atoms with E-state index < -0.39 is 0 Å². The van der Waals surface area contributed by atoms with Crippen LogP contribution in [-0.2, 0) is 0 Å². The molecule has 2 amide bonds. The highest BCUT2D eigenvalue weighted by molar-refractivity contribution is 5.90. The Morgan fingerprint density at radius 3 is 2.52 bits per heavy atom. The molecule has 27 heavy (non-hydrogen) atoms. The standard InChI is InChI=1S/C19H26N6O2/c1-4-14(9-21-18-16(10-26)17(20)22-11-23-18)24-19(27)25-15-7-5-13(6-8-15)12(2)3/h5-8,10-12,14H,4,9H2,1-3H3,(H2,24,25,27)(H3,20,21,22,23). The highest BCUT2D eigenvalue weighted by atomic mass is 16.2. The molecule has 2 aromatic rings. The SMILES string of the molecule is CCC(CNc1ncnc(N)c1C=O)NC(=O)Nc1ccc(C(C)C)cc1. The lowest BCUT2D eigenvalue weighted by Crippen LogP contribution is -2.41. The van der Waals surface area contributed by atoms with Gasteiger partial charge in [0.2, 0.25) is 0 Å². The molecular weight excluding hydrogens is 344 g/mol. The maximum absolute atomic E-state index is 12.2. The molecule has 5 N–H and O–H groups in total. The number of nitrogens with one attached hydrogen (secondary N) is 3. The predicted octanol–water partition coefficient (Wildman–Crippen LogP) is 3.01. The summed E-state index contributed by atoms with van der Waals surface area (Å²) in [6.45, 7) is 6.59. The van der Waals surface area contributed by atoms with E-state index >= 15 is 0 Å². The minimum absolute atomic E-state index is 0.117. The number of carbonyl (C=O) groups is 2. The van der Waals surface area contributed by atoms with E-state index in [1.165, 1.54) is 11.9 Å². The summed E-state index contributed by atoms with van der Waals surface area (Å²) in [5.74, 6) is 0.907. The highest BCUT2D eigenvalue weighted by Crippen LogP contribution is 2.17. The van der Waals surface area contributed by atoms with Crippen molar-refractivity contribution >= 4 is 29.6 Å². The molecule has 0 spiro atoms. The fraction of sp³-hybridized carbons (Fsp3) is 0.368. The number of amides is 2. The van der Waals surface area contributed by atoms with Gasteiger partial charge in [0.25, 0.3) is 0 Å². The molecule has 0 aliphatic rings. The van der Waals surface area contributed by atoms with E-state index in [-0.39, 0.29) is 23.5 Å². The van der Waals surface area contributed by atoms with Crippen LogP contribution in [0.15, 0.2) is 30.6 Å². The Kier molecular flexibility index (Phi) is 7.10. The number of aromatic nitrogens is 2. The number of anilines is 3. The quantitative estimate of drug-likeness (QED) is 0.530. The lowest BCUT2D eigenvalue weighted by atomic mass is 10.0. The number of nitrogens with zero attached hydrogens (tertiary/aromatic N) is 2. The summed E-state index contributed by atoms with van der Waals surface area (Å²) in [7, 11) is 0. The number of rotatable bonds is 8. The number of nitrogen functional groups attached to an aromatic ring is 1. The lowest BCUT2D eigenvalue weighted by Gasteiger charge is -2.19. The van der Waals surface area contributed by atoms with Gasteiger partial charge in [-0.15, -0.1) is 0 Å². The highest BCUT2D eigenvalue weighted by Gasteiger charge is 2.13. The molecule has 1 aromatic carbocycles. The van der Waals surface area contributed by atoms with Crippen molar-refractivity contribution in [3.63, 3.8) is 0 Å². The second-order valence-corrected chi connectivity index (χ2v) is 6.50. The normalized spacial score (nSPS) is 11.7. The van der Waals surface area contributed by atoms with Crippen LogP contribution >= 0.6 is 0 Å².